The highest BCUT2D eigenvalue weighted by Gasteiger charge is 2.29. The zero-order chi connectivity index (χ0) is 11.5. The van der Waals surface area contributed by atoms with Crippen LogP contribution < -0.4 is 0 Å². The molecule has 0 spiro atoms. The molecule has 2 heterocycles. The van der Waals surface area contributed by atoms with Gasteiger partial charge in [-0.15, -0.1) is 0 Å². The fourth-order valence-corrected chi connectivity index (χ4v) is 2.13. The fraction of sp³-hybridized carbons (Fsp3) is 0.727. The van der Waals surface area contributed by atoms with Crippen molar-refractivity contribution < 1.29 is 10.2 Å². The van der Waals surface area contributed by atoms with Crippen molar-refractivity contribution in [2.45, 2.75) is 38.6 Å². The van der Waals surface area contributed by atoms with E-state index in [0.29, 0.717) is 13.1 Å². The van der Waals surface area contributed by atoms with E-state index in [1.165, 1.54) is 0 Å². The zero-order valence-electron chi connectivity index (χ0n) is 9.58. The highest BCUT2D eigenvalue weighted by Crippen LogP contribution is 2.14. The Hall–Kier alpha value is -0.910. The number of hydrogen-bond acceptors (Lipinski definition) is 4. The molecule has 2 rings (SSSR count). The molecule has 1 fully saturated rings. The Labute approximate surface area is 95.3 Å². The molecule has 0 radical (unpaired) electrons. The van der Waals surface area contributed by atoms with E-state index in [9.17, 15) is 10.2 Å². The summed E-state index contributed by atoms with van der Waals surface area (Å²) in [6, 6.07) is 0. The van der Waals surface area contributed by atoms with Crippen LogP contribution in [-0.2, 0) is 13.1 Å². The number of likely N-dealkylation sites (tertiary alicyclic amines) is 1. The topological polar surface area (TPSA) is 61.5 Å². The smallest absolute Gasteiger partial charge is 0.0948 e. The van der Waals surface area contributed by atoms with Gasteiger partial charge < -0.3 is 14.8 Å². The lowest BCUT2D eigenvalue weighted by Crippen LogP contribution is -2.23. The van der Waals surface area contributed by atoms with Crippen molar-refractivity contribution in [2.24, 2.45) is 0 Å². The second kappa shape index (κ2) is 4.95. The van der Waals surface area contributed by atoms with Crippen LogP contribution in [0.4, 0.5) is 0 Å². The van der Waals surface area contributed by atoms with E-state index < -0.39 is 12.2 Å². The fourth-order valence-electron chi connectivity index (χ4n) is 2.13. The van der Waals surface area contributed by atoms with Gasteiger partial charge in [-0.1, -0.05) is 6.92 Å². The number of nitrogens with zero attached hydrogens (tertiary/aromatic N) is 3. The number of hydrogen-bond donors (Lipinski definition) is 2. The number of aliphatic hydroxyl groups excluding tert-OH is 2. The molecule has 0 aliphatic carbocycles. The van der Waals surface area contributed by atoms with Gasteiger partial charge in [0.05, 0.1) is 24.2 Å². The van der Waals surface area contributed by atoms with Gasteiger partial charge >= 0.3 is 0 Å². The van der Waals surface area contributed by atoms with Gasteiger partial charge in [0.1, 0.15) is 0 Å². The molecule has 0 saturated carbocycles. The van der Waals surface area contributed by atoms with Crippen molar-refractivity contribution in [3.63, 3.8) is 0 Å². The normalized spacial score (nSPS) is 26.4. The summed E-state index contributed by atoms with van der Waals surface area (Å²) in [6.45, 7) is 4.92. The molecule has 2 atom stereocenters. The summed E-state index contributed by atoms with van der Waals surface area (Å²) < 4.78 is 2.12. The lowest BCUT2D eigenvalue weighted by Gasteiger charge is -2.15. The minimum atomic E-state index is -0.609. The number of β-amino-alcohol motifs (C(OH)–C–C–N with tert-alkyl or cyclic N) is 2. The lowest BCUT2D eigenvalue weighted by molar-refractivity contribution is 0.0572. The van der Waals surface area contributed by atoms with E-state index in [1.807, 2.05) is 12.5 Å². The molecule has 5 heteroatoms. The van der Waals surface area contributed by atoms with E-state index in [-0.39, 0.29) is 0 Å². The maximum Gasteiger partial charge on any atom is 0.0948 e. The third kappa shape index (κ3) is 2.42. The van der Waals surface area contributed by atoms with Crippen LogP contribution in [0.2, 0.25) is 0 Å². The van der Waals surface area contributed by atoms with Crippen LogP contribution in [0.3, 0.4) is 0 Å². The largest absolute Gasteiger partial charge is 0.389 e. The summed E-state index contributed by atoms with van der Waals surface area (Å²) in [6.07, 6.45) is 3.55. The Morgan fingerprint density at radius 3 is 2.69 bits per heavy atom. The highest BCUT2D eigenvalue weighted by atomic mass is 16.3. The van der Waals surface area contributed by atoms with Gasteiger partial charge in [-0.05, 0) is 6.42 Å². The third-order valence-electron chi connectivity index (χ3n) is 2.98. The molecule has 90 valence electrons. The zero-order valence-corrected chi connectivity index (χ0v) is 9.58. The summed E-state index contributed by atoms with van der Waals surface area (Å²) >= 11 is 0. The molecule has 5 nitrogen and oxygen atoms in total. The molecule has 0 amide bonds. The van der Waals surface area contributed by atoms with Crippen LogP contribution in [0, 0.1) is 0 Å². The van der Waals surface area contributed by atoms with E-state index in [1.54, 1.807) is 0 Å². The Kier molecular flexibility index (Phi) is 3.58. The first kappa shape index (κ1) is 11.6. The summed E-state index contributed by atoms with van der Waals surface area (Å²) in [5, 5.41) is 18.9. The summed E-state index contributed by atoms with van der Waals surface area (Å²) in [5.41, 5.74) is 1.14. The van der Waals surface area contributed by atoms with Crippen molar-refractivity contribution in [3.05, 3.63) is 18.2 Å². The molecule has 0 bridgehead atoms. The molecular weight excluding hydrogens is 206 g/mol. The van der Waals surface area contributed by atoms with Gasteiger partial charge in [0.25, 0.3) is 0 Å². The SMILES string of the molecule is CCCn1cncc1CN1C[C@@H](O)[C@@H](O)C1. The number of imidazole rings is 1. The average molecular weight is 225 g/mol. The second-order valence-electron chi connectivity index (χ2n) is 4.41. The van der Waals surface area contributed by atoms with Crippen LogP contribution in [-0.4, -0.2) is 50.0 Å². The van der Waals surface area contributed by atoms with E-state index >= 15 is 0 Å². The first-order valence-electron chi connectivity index (χ1n) is 5.78. The van der Waals surface area contributed by atoms with Crippen molar-refractivity contribution >= 4 is 0 Å². The molecule has 2 N–H and O–H groups in total. The maximum absolute atomic E-state index is 9.46. The summed E-state index contributed by atoms with van der Waals surface area (Å²) in [7, 11) is 0. The van der Waals surface area contributed by atoms with Crippen molar-refractivity contribution in [2.75, 3.05) is 13.1 Å². The van der Waals surface area contributed by atoms with Gasteiger partial charge in [-0.2, -0.15) is 0 Å². The standard InChI is InChI=1S/C11H19N3O2/c1-2-3-14-8-12-4-9(14)5-13-6-10(15)11(16)7-13/h4,8,10-11,15-16H,2-3,5-7H2,1H3/t10-,11+. The maximum atomic E-state index is 9.46. The van der Waals surface area contributed by atoms with Crippen molar-refractivity contribution in [1.82, 2.24) is 14.5 Å². The van der Waals surface area contributed by atoms with E-state index in [0.717, 1.165) is 25.2 Å². The Balaban J connectivity index is 1.96. The molecule has 1 aromatic rings. The minimum Gasteiger partial charge on any atom is -0.389 e. The highest BCUT2D eigenvalue weighted by molar-refractivity contribution is 5.00. The monoisotopic (exact) mass is 225 g/mol. The molecule has 1 aliphatic heterocycles. The molecule has 0 aromatic carbocycles. The number of aromatic nitrogens is 2. The van der Waals surface area contributed by atoms with Gasteiger partial charge in [-0.25, -0.2) is 4.98 Å². The van der Waals surface area contributed by atoms with Gasteiger partial charge in [0, 0.05) is 32.4 Å². The van der Waals surface area contributed by atoms with Crippen LogP contribution in [0.15, 0.2) is 12.5 Å². The van der Waals surface area contributed by atoms with Crippen LogP contribution in [0.5, 0.6) is 0 Å². The van der Waals surface area contributed by atoms with Crippen LogP contribution in [0.25, 0.3) is 0 Å². The first-order chi connectivity index (χ1) is 7.70. The Bertz CT molecular complexity index is 330. The molecule has 1 aliphatic rings. The average Bonchev–Trinajstić information content (AvgIpc) is 2.77. The second-order valence-corrected chi connectivity index (χ2v) is 4.41. The minimum absolute atomic E-state index is 0.540. The summed E-state index contributed by atoms with van der Waals surface area (Å²) in [5.74, 6) is 0. The third-order valence-corrected chi connectivity index (χ3v) is 2.98. The molecule has 1 saturated heterocycles. The molecule has 0 unspecified atom stereocenters. The van der Waals surface area contributed by atoms with Gasteiger partial charge in [-0.3, -0.25) is 4.90 Å². The number of aliphatic hydroxyl groups is 2. The molecule has 16 heavy (non-hydrogen) atoms. The van der Waals surface area contributed by atoms with E-state index in [4.69, 9.17) is 0 Å². The van der Waals surface area contributed by atoms with Crippen LogP contribution in [0.1, 0.15) is 19.0 Å². The number of aryl methyl sites for hydroxylation is 1. The quantitative estimate of drug-likeness (QED) is 0.747. The first-order valence-corrected chi connectivity index (χ1v) is 5.78. The summed E-state index contributed by atoms with van der Waals surface area (Å²) in [4.78, 5) is 6.19. The molecule has 1 aromatic heterocycles. The molecular formula is C11H19N3O2. The van der Waals surface area contributed by atoms with Crippen LogP contribution >= 0.6 is 0 Å². The Morgan fingerprint density at radius 2 is 2.06 bits per heavy atom. The van der Waals surface area contributed by atoms with Crippen molar-refractivity contribution in [3.8, 4) is 0 Å². The van der Waals surface area contributed by atoms with Crippen molar-refractivity contribution in [1.29, 1.82) is 0 Å². The Morgan fingerprint density at radius 1 is 1.38 bits per heavy atom. The predicted molar refractivity (Wildman–Crippen MR) is 59.8 cm³/mol. The van der Waals surface area contributed by atoms with Gasteiger partial charge in [0.2, 0.25) is 0 Å². The predicted octanol–water partition coefficient (Wildman–Crippen LogP) is -0.170. The lowest BCUT2D eigenvalue weighted by atomic mass is 10.3. The van der Waals surface area contributed by atoms with Gasteiger partial charge in [0.15, 0.2) is 0 Å². The van der Waals surface area contributed by atoms with E-state index in [2.05, 4.69) is 21.4 Å². The number of rotatable bonds is 4.